The van der Waals surface area contributed by atoms with Gasteiger partial charge in [0.2, 0.25) is 5.78 Å². The molecule has 0 unspecified atom stereocenters. The van der Waals surface area contributed by atoms with Gasteiger partial charge in [0, 0.05) is 10.9 Å². The molecule has 0 atom stereocenters. The van der Waals surface area contributed by atoms with Crippen LogP contribution >= 0.6 is 0 Å². The second kappa shape index (κ2) is 5.73. The molecule has 0 saturated heterocycles. The quantitative estimate of drug-likeness (QED) is 0.264. The van der Waals surface area contributed by atoms with Crippen LogP contribution < -0.4 is 0 Å². The summed E-state index contributed by atoms with van der Waals surface area (Å²) < 4.78 is 9.85. The topological polar surface area (TPSA) is 72.3 Å². The first kappa shape index (κ1) is 13.9. The van der Waals surface area contributed by atoms with Gasteiger partial charge in [0.15, 0.2) is 0 Å². The van der Waals surface area contributed by atoms with Crippen molar-refractivity contribution in [2.24, 2.45) is 0 Å². The number of aromatic nitrogens is 1. The Morgan fingerprint density at radius 3 is 2.68 bits per heavy atom. The van der Waals surface area contributed by atoms with Crippen LogP contribution in [-0.4, -0.2) is 23.8 Å². The van der Waals surface area contributed by atoms with E-state index in [1.807, 2.05) is 24.3 Å². The molecule has 1 aromatic carbocycles. The fourth-order valence-electron chi connectivity index (χ4n) is 2.18. The van der Waals surface area contributed by atoms with E-state index in [0.29, 0.717) is 11.5 Å². The minimum absolute atomic E-state index is 0.0935. The lowest BCUT2D eigenvalue weighted by Crippen LogP contribution is -2.15. The second-order valence-corrected chi connectivity index (χ2v) is 4.66. The largest absolute Gasteiger partial charge is 0.465 e. The number of nitrogens with one attached hydrogen (secondary N) is 1. The van der Waals surface area contributed by atoms with Crippen LogP contribution in [0.4, 0.5) is 0 Å². The molecule has 22 heavy (non-hydrogen) atoms. The van der Waals surface area contributed by atoms with E-state index < -0.39 is 11.8 Å². The van der Waals surface area contributed by atoms with E-state index in [0.717, 1.165) is 10.9 Å². The average Bonchev–Trinajstić information content (AvgIpc) is 3.20. The summed E-state index contributed by atoms with van der Waals surface area (Å²) in [6.45, 7) is 0. The van der Waals surface area contributed by atoms with Crippen molar-refractivity contribution in [3.05, 3.63) is 65.8 Å². The first-order chi connectivity index (χ1) is 10.7. The average molecular weight is 295 g/mol. The normalized spacial score (nSPS) is 11.6. The highest BCUT2D eigenvalue weighted by Gasteiger charge is 2.22. The van der Waals surface area contributed by atoms with Crippen molar-refractivity contribution in [2.75, 3.05) is 7.11 Å². The molecule has 3 rings (SSSR count). The molecule has 110 valence electrons. The Balaban J connectivity index is 2.03. The van der Waals surface area contributed by atoms with Gasteiger partial charge in [-0.3, -0.25) is 4.79 Å². The number of benzene rings is 1. The van der Waals surface area contributed by atoms with Gasteiger partial charge in [0.25, 0.3) is 0 Å². The number of Topliss-reactive ketones (excluding diaryl/α,β-unsaturated/α-hetero) is 1. The van der Waals surface area contributed by atoms with Crippen molar-refractivity contribution in [3.8, 4) is 0 Å². The Morgan fingerprint density at radius 1 is 1.18 bits per heavy atom. The van der Waals surface area contributed by atoms with Crippen LogP contribution in [0.3, 0.4) is 0 Å². The van der Waals surface area contributed by atoms with Crippen LogP contribution in [0.1, 0.15) is 16.2 Å². The summed E-state index contributed by atoms with van der Waals surface area (Å²) in [6.07, 6.45) is 2.84. The number of carbonyl (C=O) groups excluding carboxylic acids is 2. The Hall–Kier alpha value is -3.08. The number of hydrogen-bond acceptors (Lipinski definition) is 4. The molecule has 0 amide bonds. The molecule has 0 spiro atoms. The van der Waals surface area contributed by atoms with Gasteiger partial charge in [-0.25, -0.2) is 4.79 Å². The number of ketones is 1. The van der Waals surface area contributed by atoms with Gasteiger partial charge in [-0.1, -0.05) is 18.2 Å². The first-order valence-electron chi connectivity index (χ1n) is 6.65. The lowest BCUT2D eigenvalue weighted by molar-refractivity contribution is -0.135. The van der Waals surface area contributed by atoms with Gasteiger partial charge < -0.3 is 14.1 Å². The molecule has 1 N–H and O–H groups in total. The molecule has 0 aliphatic heterocycles. The number of ether oxygens (including phenoxy) is 1. The Bertz CT molecular complexity index is 823. The van der Waals surface area contributed by atoms with Crippen molar-refractivity contribution in [1.29, 1.82) is 0 Å². The van der Waals surface area contributed by atoms with E-state index in [-0.39, 0.29) is 5.57 Å². The van der Waals surface area contributed by atoms with Crippen LogP contribution in [0.5, 0.6) is 0 Å². The molecule has 5 nitrogen and oxygen atoms in total. The summed E-state index contributed by atoms with van der Waals surface area (Å²) in [5, 5.41) is 0.896. The molecule has 0 radical (unpaired) electrons. The van der Waals surface area contributed by atoms with Crippen molar-refractivity contribution in [1.82, 2.24) is 4.98 Å². The zero-order valence-electron chi connectivity index (χ0n) is 11.8. The number of furan rings is 1. The monoisotopic (exact) mass is 295 g/mol. The lowest BCUT2D eigenvalue weighted by Gasteiger charge is -2.02. The number of methoxy groups -OCH3 is 1. The maximum absolute atomic E-state index is 12.6. The minimum Gasteiger partial charge on any atom is -0.465 e. The highest BCUT2D eigenvalue weighted by molar-refractivity contribution is 6.26. The maximum atomic E-state index is 12.6. The molecule has 3 aromatic rings. The molecular formula is C17H13NO4. The van der Waals surface area contributed by atoms with Crippen LogP contribution in [-0.2, 0) is 9.53 Å². The van der Waals surface area contributed by atoms with E-state index in [1.54, 1.807) is 18.2 Å². The number of hydrogen-bond donors (Lipinski definition) is 1. The molecule has 0 aliphatic carbocycles. The smallest absolute Gasteiger partial charge is 0.342 e. The fraction of sp³-hybridized carbons (Fsp3) is 0.0588. The van der Waals surface area contributed by atoms with Crippen LogP contribution in [0.15, 0.2) is 58.7 Å². The fourth-order valence-corrected chi connectivity index (χ4v) is 2.18. The van der Waals surface area contributed by atoms with E-state index in [1.165, 1.54) is 19.4 Å². The van der Waals surface area contributed by atoms with E-state index in [4.69, 9.17) is 9.15 Å². The van der Waals surface area contributed by atoms with Gasteiger partial charge in [-0.2, -0.15) is 0 Å². The van der Waals surface area contributed by atoms with Gasteiger partial charge in [0.1, 0.15) is 11.3 Å². The number of rotatable bonds is 4. The zero-order chi connectivity index (χ0) is 15.5. The number of fused-ring (bicyclic) bond motifs is 1. The van der Waals surface area contributed by atoms with Crippen molar-refractivity contribution >= 4 is 28.7 Å². The van der Waals surface area contributed by atoms with Gasteiger partial charge in [0.05, 0.1) is 19.1 Å². The molecule has 0 aliphatic rings. The Morgan fingerprint density at radius 2 is 2.00 bits per heavy atom. The highest BCUT2D eigenvalue weighted by atomic mass is 16.5. The van der Waals surface area contributed by atoms with Crippen LogP contribution in [0.25, 0.3) is 17.0 Å². The lowest BCUT2D eigenvalue weighted by atomic mass is 10.1. The third kappa shape index (κ3) is 2.56. The SMILES string of the molecule is COC(=O)/C(=C\c1ccco1)C(=O)c1cc2ccccc2[nH]1. The number of para-hydroxylation sites is 1. The highest BCUT2D eigenvalue weighted by Crippen LogP contribution is 2.19. The molecule has 2 heterocycles. The Labute approximate surface area is 126 Å². The molecule has 0 fully saturated rings. The van der Waals surface area contributed by atoms with Gasteiger partial charge in [-0.05, 0) is 30.3 Å². The third-order valence-electron chi connectivity index (χ3n) is 3.25. The van der Waals surface area contributed by atoms with Gasteiger partial charge in [-0.15, -0.1) is 0 Å². The molecule has 0 bridgehead atoms. The maximum Gasteiger partial charge on any atom is 0.342 e. The number of carbonyl (C=O) groups is 2. The molecule has 2 aromatic heterocycles. The summed E-state index contributed by atoms with van der Waals surface area (Å²) in [7, 11) is 1.23. The summed E-state index contributed by atoms with van der Waals surface area (Å²) >= 11 is 0. The molecule has 0 saturated carbocycles. The Kier molecular flexibility index (Phi) is 3.62. The molecular weight excluding hydrogens is 282 g/mol. The third-order valence-corrected chi connectivity index (χ3v) is 3.25. The summed E-state index contributed by atoms with van der Waals surface area (Å²) in [4.78, 5) is 27.5. The summed E-state index contributed by atoms with van der Waals surface area (Å²) in [5.74, 6) is -0.746. The standard InChI is InChI=1S/C17H13NO4/c1-21-17(20)13(10-12-6-4-8-22-12)16(19)15-9-11-5-2-3-7-14(11)18-15/h2-10,18H,1H3/b13-10-. The van der Waals surface area contributed by atoms with Crippen LogP contribution in [0.2, 0.25) is 0 Å². The molecule has 5 heteroatoms. The van der Waals surface area contributed by atoms with E-state index in [2.05, 4.69) is 4.98 Å². The van der Waals surface area contributed by atoms with Crippen molar-refractivity contribution in [2.45, 2.75) is 0 Å². The van der Waals surface area contributed by atoms with Crippen molar-refractivity contribution in [3.63, 3.8) is 0 Å². The van der Waals surface area contributed by atoms with E-state index in [9.17, 15) is 9.59 Å². The summed E-state index contributed by atoms with van der Waals surface area (Å²) in [5.41, 5.74) is 1.06. The summed E-state index contributed by atoms with van der Waals surface area (Å²) in [6, 6.07) is 12.5. The number of aromatic amines is 1. The number of esters is 1. The predicted octanol–water partition coefficient (Wildman–Crippen LogP) is 3.20. The van der Waals surface area contributed by atoms with Crippen LogP contribution in [0, 0.1) is 0 Å². The van der Waals surface area contributed by atoms with Gasteiger partial charge >= 0.3 is 5.97 Å². The first-order valence-corrected chi connectivity index (χ1v) is 6.65. The second-order valence-electron chi connectivity index (χ2n) is 4.66. The number of H-pyrrole nitrogens is 1. The van der Waals surface area contributed by atoms with E-state index >= 15 is 0 Å². The predicted molar refractivity (Wildman–Crippen MR) is 81.3 cm³/mol. The van der Waals surface area contributed by atoms with Crippen molar-refractivity contribution < 1.29 is 18.7 Å². The zero-order valence-corrected chi connectivity index (χ0v) is 11.8. The minimum atomic E-state index is -0.708.